The Morgan fingerprint density at radius 2 is 1.77 bits per heavy atom. The fraction of sp³-hybridized carbons (Fsp3) is 0.0556. The summed E-state index contributed by atoms with van der Waals surface area (Å²) in [5.41, 5.74) is 8.05. The lowest BCUT2D eigenvalue weighted by molar-refractivity contribution is 0.0844. The summed E-state index contributed by atoms with van der Waals surface area (Å²) in [5, 5.41) is 1.88. The minimum Gasteiger partial charge on any atom is -0.486 e. The Bertz CT molecular complexity index is 898. The van der Waals surface area contributed by atoms with Gasteiger partial charge in [0, 0.05) is 15.4 Å². The second-order valence-electron chi connectivity index (χ2n) is 5.18. The second-order valence-corrected chi connectivity index (χ2v) is 6.81. The Balaban J connectivity index is 1.62. The fourth-order valence-electron chi connectivity index (χ4n) is 2.09. The lowest BCUT2D eigenvalue weighted by Gasteiger charge is -2.11. The molecule has 0 saturated carbocycles. The van der Waals surface area contributed by atoms with Crippen molar-refractivity contribution in [1.82, 2.24) is 15.8 Å². The third-order valence-electron chi connectivity index (χ3n) is 3.39. The summed E-state index contributed by atoms with van der Waals surface area (Å²) in [6, 6.07) is 13.6. The molecule has 3 rings (SSSR count). The molecule has 2 aromatic carbocycles. The number of hydrazine groups is 1. The minimum atomic E-state index is -0.468. The van der Waals surface area contributed by atoms with E-state index in [9.17, 15) is 9.59 Å². The molecule has 0 atom stereocenters. The smallest absolute Gasteiger partial charge is 0.273 e. The van der Waals surface area contributed by atoms with Crippen LogP contribution in [0.2, 0.25) is 0 Å². The maximum Gasteiger partial charge on any atom is 0.273 e. The molecule has 2 N–H and O–H groups in total. The maximum atomic E-state index is 12.4. The number of para-hydroxylation sites is 1. The van der Waals surface area contributed by atoms with E-state index in [1.165, 1.54) is 11.3 Å². The molecule has 0 aliphatic carbocycles. The summed E-state index contributed by atoms with van der Waals surface area (Å²) < 4.78 is 6.54. The number of nitrogens with one attached hydrogen (secondary N) is 2. The van der Waals surface area contributed by atoms with Gasteiger partial charge in [-0.05, 0) is 36.4 Å². The first-order chi connectivity index (χ1) is 12.6. The molecule has 2 amide bonds. The summed E-state index contributed by atoms with van der Waals surface area (Å²) in [6.45, 7) is 0.263. The van der Waals surface area contributed by atoms with E-state index in [4.69, 9.17) is 4.74 Å². The number of ether oxygens (including phenoxy) is 1. The largest absolute Gasteiger partial charge is 0.486 e. The number of carbonyl (C=O) groups excluding carboxylic acids is 2. The fourth-order valence-corrected chi connectivity index (χ4v) is 2.90. The molecule has 26 heavy (non-hydrogen) atoms. The highest BCUT2D eigenvalue weighted by molar-refractivity contribution is 9.10. The van der Waals surface area contributed by atoms with Crippen LogP contribution in [0.4, 0.5) is 0 Å². The molecule has 8 heteroatoms. The van der Waals surface area contributed by atoms with Gasteiger partial charge in [0.1, 0.15) is 12.4 Å². The number of thiazole rings is 1. The molecule has 0 aliphatic rings. The number of hydrogen-bond donors (Lipinski definition) is 2. The normalized spacial score (nSPS) is 10.2. The van der Waals surface area contributed by atoms with E-state index in [0.29, 0.717) is 16.9 Å². The maximum absolute atomic E-state index is 12.4. The molecule has 0 fully saturated rings. The molecule has 132 valence electrons. The third kappa shape index (κ3) is 4.68. The lowest BCUT2D eigenvalue weighted by Crippen LogP contribution is -2.41. The van der Waals surface area contributed by atoms with Crippen molar-refractivity contribution in [3.8, 4) is 5.75 Å². The van der Waals surface area contributed by atoms with Gasteiger partial charge in [-0.1, -0.05) is 28.1 Å². The molecule has 1 aromatic heterocycles. The van der Waals surface area contributed by atoms with E-state index in [2.05, 4.69) is 31.8 Å². The summed E-state index contributed by atoms with van der Waals surface area (Å²) in [6.07, 6.45) is 0. The minimum absolute atomic E-state index is 0.263. The summed E-state index contributed by atoms with van der Waals surface area (Å²) in [5.74, 6) is -0.466. The average Bonchev–Trinajstić information content (AvgIpc) is 3.18. The molecule has 1 heterocycles. The predicted molar refractivity (Wildman–Crippen MR) is 102 cm³/mol. The van der Waals surface area contributed by atoms with E-state index in [1.807, 2.05) is 5.38 Å². The number of hydrogen-bond acceptors (Lipinski definition) is 5. The van der Waals surface area contributed by atoms with Crippen molar-refractivity contribution in [3.05, 3.63) is 80.7 Å². The standard InChI is InChI=1S/C18H14BrN3O3S/c19-13-7-5-12(6-8-13)17(23)21-22-18(24)15-3-1-2-4-16(15)25-9-14-10-26-11-20-14/h1-8,10-11H,9H2,(H,21,23)(H,22,24). The van der Waals surface area contributed by atoms with Crippen LogP contribution in [0.25, 0.3) is 0 Å². The Kier molecular flexibility index (Phi) is 5.98. The molecule has 3 aromatic rings. The molecular formula is C18H14BrN3O3S. The van der Waals surface area contributed by atoms with Crippen molar-refractivity contribution in [2.45, 2.75) is 6.61 Å². The van der Waals surface area contributed by atoms with Gasteiger partial charge in [0.05, 0.1) is 16.8 Å². The van der Waals surface area contributed by atoms with E-state index >= 15 is 0 Å². The third-order valence-corrected chi connectivity index (χ3v) is 4.55. The van der Waals surface area contributed by atoms with E-state index in [-0.39, 0.29) is 6.61 Å². The highest BCUT2D eigenvalue weighted by Crippen LogP contribution is 2.19. The predicted octanol–water partition coefficient (Wildman–Crippen LogP) is 3.56. The van der Waals surface area contributed by atoms with Crippen molar-refractivity contribution < 1.29 is 14.3 Å². The van der Waals surface area contributed by atoms with Crippen LogP contribution in [0.5, 0.6) is 5.75 Å². The first-order valence-electron chi connectivity index (χ1n) is 7.58. The van der Waals surface area contributed by atoms with Crippen LogP contribution in [0.3, 0.4) is 0 Å². The zero-order valence-electron chi connectivity index (χ0n) is 13.4. The number of aromatic nitrogens is 1. The molecule has 0 spiro atoms. The van der Waals surface area contributed by atoms with Crippen molar-refractivity contribution in [2.24, 2.45) is 0 Å². The number of amides is 2. The van der Waals surface area contributed by atoms with Gasteiger partial charge in [0.25, 0.3) is 11.8 Å². The van der Waals surface area contributed by atoms with Crippen LogP contribution in [-0.2, 0) is 6.61 Å². The summed E-state index contributed by atoms with van der Waals surface area (Å²) in [7, 11) is 0. The number of carbonyl (C=O) groups is 2. The van der Waals surface area contributed by atoms with Crippen molar-refractivity contribution in [1.29, 1.82) is 0 Å². The van der Waals surface area contributed by atoms with Gasteiger partial charge in [-0.2, -0.15) is 0 Å². The van der Waals surface area contributed by atoms with Gasteiger partial charge >= 0.3 is 0 Å². The Morgan fingerprint density at radius 3 is 2.50 bits per heavy atom. The highest BCUT2D eigenvalue weighted by atomic mass is 79.9. The number of rotatable bonds is 5. The van der Waals surface area contributed by atoms with Gasteiger partial charge in [0.15, 0.2) is 0 Å². The van der Waals surface area contributed by atoms with Crippen molar-refractivity contribution in [2.75, 3.05) is 0 Å². The summed E-state index contributed by atoms with van der Waals surface area (Å²) >= 11 is 4.78. The van der Waals surface area contributed by atoms with Gasteiger partial charge in [0.2, 0.25) is 0 Å². The summed E-state index contributed by atoms with van der Waals surface area (Å²) in [4.78, 5) is 28.6. The van der Waals surface area contributed by atoms with Gasteiger partial charge in [-0.15, -0.1) is 11.3 Å². The van der Waals surface area contributed by atoms with Gasteiger partial charge < -0.3 is 4.74 Å². The molecule has 0 unspecified atom stereocenters. The van der Waals surface area contributed by atoms with E-state index in [1.54, 1.807) is 54.0 Å². The van der Waals surface area contributed by atoms with Gasteiger partial charge in [-0.3, -0.25) is 20.4 Å². The zero-order chi connectivity index (χ0) is 18.4. The molecule has 0 saturated heterocycles. The van der Waals surface area contributed by atoms with Crippen LogP contribution in [0, 0.1) is 0 Å². The molecular weight excluding hydrogens is 418 g/mol. The zero-order valence-corrected chi connectivity index (χ0v) is 15.8. The van der Waals surface area contributed by atoms with Crippen LogP contribution < -0.4 is 15.6 Å². The number of benzene rings is 2. The molecule has 0 aliphatic heterocycles. The van der Waals surface area contributed by atoms with Crippen molar-refractivity contribution in [3.63, 3.8) is 0 Å². The lowest BCUT2D eigenvalue weighted by atomic mass is 10.2. The van der Waals surface area contributed by atoms with E-state index in [0.717, 1.165) is 10.2 Å². The van der Waals surface area contributed by atoms with E-state index < -0.39 is 11.8 Å². The van der Waals surface area contributed by atoms with Crippen LogP contribution >= 0.6 is 27.3 Å². The monoisotopic (exact) mass is 431 g/mol. The van der Waals surface area contributed by atoms with Gasteiger partial charge in [-0.25, -0.2) is 4.98 Å². The van der Waals surface area contributed by atoms with Crippen LogP contribution in [0.1, 0.15) is 26.4 Å². The quantitative estimate of drug-likeness (QED) is 0.605. The van der Waals surface area contributed by atoms with Crippen LogP contribution in [-0.4, -0.2) is 16.8 Å². The van der Waals surface area contributed by atoms with Crippen LogP contribution in [0.15, 0.2) is 63.9 Å². The molecule has 6 nitrogen and oxygen atoms in total. The number of halogens is 1. The second kappa shape index (κ2) is 8.59. The molecule has 0 bridgehead atoms. The number of nitrogens with zero attached hydrogens (tertiary/aromatic N) is 1. The first-order valence-corrected chi connectivity index (χ1v) is 9.32. The Morgan fingerprint density at radius 1 is 1.04 bits per heavy atom. The van der Waals surface area contributed by atoms with Crippen molar-refractivity contribution >= 4 is 39.1 Å². The average molecular weight is 432 g/mol. The molecule has 0 radical (unpaired) electrons. The Labute approximate surface area is 162 Å². The topological polar surface area (TPSA) is 80.3 Å². The SMILES string of the molecule is O=C(NNC(=O)c1ccccc1OCc1cscn1)c1ccc(Br)cc1. The highest BCUT2D eigenvalue weighted by Gasteiger charge is 2.14. The first kappa shape index (κ1) is 18.1. The Hall–Kier alpha value is -2.71.